The van der Waals surface area contributed by atoms with E-state index in [9.17, 15) is 18.3 Å². The highest BCUT2D eigenvalue weighted by molar-refractivity contribution is 9.10. The number of piperidine rings is 1. The fourth-order valence-electron chi connectivity index (χ4n) is 3.65. The Bertz CT molecular complexity index is 1080. The minimum absolute atomic E-state index is 0.00909. The Balaban J connectivity index is 1.75. The molecule has 2 aromatic carbocycles. The summed E-state index contributed by atoms with van der Waals surface area (Å²) in [6, 6.07) is 13.8. The maximum absolute atomic E-state index is 13.4. The average Bonchev–Trinajstić information content (AvgIpc) is 2.76. The lowest BCUT2D eigenvalue weighted by molar-refractivity contribution is -0.141. The van der Waals surface area contributed by atoms with Crippen LogP contribution in [0, 0.1) is 11.8 Å². The zero-order valence-electron chi connectivity index (χ0n) is 17.2. The number of carbonyl (C=O) groups is 1. The van der Waals surface area contributed by atoms with Gasteiger partial charge in [-0.1, -0.05) is 34.0 Å². The molecule has 2 aromatic rings. The fourth-order valence-corrected chi connectivity index (χ4v) is 5.81. The summed E-state index contributed by atoms with van der Waals surface area (Å²) in [5.41, 5.74) is 1.09. The van der Waals surface area contributed by atoms with Crippen LogP contribution in [0.3, 0.4) is 0 Å². The third-order valence-electron chi connectivity index (χ3n) is 5.51. The SMILES string of the molecule is CC#CCOc1ccc(S(=O)(=O)C2(C(=O)O)CCN(Cc3ccc(Br)cc3)CC2)cc1. The molecule has 1 aliphatic rings. The summed E-state index contributed by atoms with van der Waals surface area (Å²) in [7, 11) is -4.08. The molecule has 1 saturated heterocycles. The Morgan fingerprint density at radius 1 is 1.13 bits per heavy atom. The molecule has 0 saturated carbocycles. The van der Waals surface area contributed by atoms with E-state index in [1.807, 2.05) is 24.3 Å². The molecule has 0 amide bonds. The van der Waals surface area contributed by atoms with Crippen molar-refractivity contribution in [3.8, 4) is 17.6 Å². The second kappa shape index (κ2) is 9.86. The summed E-state index contributed by atoms with van der Waals surface area (Å²) >= 11 is 3.41. The van der Waals surface area contributed by atoms with E-state index in [1.165, 1.54) is 24.3 Å². The van der Waals surface area contributed by atoms with Crippen molar-refractivity contribution < 1.29 is 23.1 Å². The van der Waals surface area contributed by atoms with Gasteiger partial charge in [0.1, 0.15) is 12.4 Å². The smallest absolute Gasteiger partial charge is 0.325 e. The number of sulfone groups is 1. The number of nitrogens with zero attached hydrogens (tertiary/aromatic N) is 1. The van der Waals surface area contributed by atoms with E-state index >= 15 is 0 Å². The average molecular weight is 506 g/mol. The maximum atomic E-state index is 13.4. The van der Waals surface area contributed by atoms with Crippen molar-refractivity contribution in [1.29, 1.82) is 0 Å². The van der Waals surface area contributed by atoms with E-state index in [2.05, 4.69) is 32.7 Å². The predicted octanol–water partition coefficient (Wildman–Crippen LogP) is 3.74. The van der Waals surface area contributed by atoms with Crippen molar-refractivity contribution in [3.63, 3.8) is 0 Å². The molecule has 1 fully saturated rings. The van der Waals surface area contributed by atoms with Gasteiger partial charge in [-0.2, -0.15) is 0 Å². The number of carboxylic acids is 1. The van der Waals surface area contributed by atoms with E-state index in [0.29, 0.717) is 25.4 Å². The van der Waals surface area contributed by atoms with Crippen LogP contribution >= 0.6 is 15.9 Å². The number of hydrogen-bond acceptors (Lipinski definition) is 5. The molecule has 3 rings (SSSR count). The molecule has 6 nitrogen and oxygen atoms in total. The monoisotopic (exact) mass is 505 g/mol. The van der Waals surface area contributed by atoms with Gasteiger partial charge in [-0.05, 0) is 61.7 Å². The van der Waals surface area contributed by atoms with Gasteiger partial charge in [0.25, 0.3) is 0 Å². The molecular weight excluding hydrogens is 482 g/mol. The molecular formula is C23H24BrNO5S. The van der Waals surface area contributed by atoms with Crippen molar-refractivity contribution in [2.45, 2.75) is 36.0 Å². The van der Waals surface area contributed by atoms with Gasteiger partial charge < -0.3 is 9.84 Å². The molecule has 0 atom stereocenters. The van der Waals surface area contributed by atoms with Gasteiger partial charge in [0, 0.05) is 24.1 Å². The van der Waals surface area contributed by atoms with Crippen LogP contribution in [0.15, 0.2) is 57.9 Å². The summed E-state index contributed by atoms with van der Waals surface area (Å²) in [6.07, 6.45) is 0.0665. The highest BCUT2D eigenvalue weighted by Gasteiger charge is 2.53. The number of benzene rings is 2. The summed E-state index contributed by atoms with van der Waals surface area (Å²) in [4.78, 5) is 14.3. The lowest BCUT2D eigenvalue weighted by Crippen LogP contribution is -2.54. The molecule has 0 radical (unpaired) electrons. The minimum Gasteiger partial charge on any atom is -0.481 e. The first-order valence-electron chi connectivity index (χ1n) is 9.86. The highest BCUT2D eigenvalue weighted by Crippen LogP contribution is 2.37. The third kappa shape index (κ3) is 5.12. The van der Waals surface area contributed by atoms with E-state index in [0.717, 1.165) is 10.0 Å². The molecule has 0 spiro atoms. The summed E-state index contributed by atoms with van der Waals surface area (Å²) in [5.74, 6) is 4.66. The summed E-state index contributed by atoms with van der Waals surface area (Å²) < 4.78 is 31.3. The zero-order chi connectivity index (χ0) is 22.5. The van der Waals surface area contributed by atoms with Crippen molar-refractivity contribution in [1.82, 2.24) is 4.90 Å². The van der Waals surface area contributed by atoms with Crippen molar-refractivity contribution >= 4 is 31.7 Å². The fraction of sp³-hybridized carbons (Fsp3) is 0.348. The summed E-state index contributed by atoms with van der Waals surface area (Å²) in [6.45, 7) is 3.33. The highest BCUT2D eigenvalue weighted by atomic mass is 79.9. The van der Waals surface area contributed by atoms with Gasteiger partial charge in [-0.3, -0.25) is 9.69 Å². The Morgan fingerprint density at radius 2 is 1.74 bits per heavy atom. The Morgan fingerprint density at radius 3 is 2.29 bits per heavy atom. The van der Waals surface area contributed by atoms with Crippen molar-refractivity contribution in [3.05, 3.63) is 58.6 Å². The Kier molecular flexibility index (Phi) is 7.42. The molecule has 1 aliphatic heterocycles. The Labute approximate surface area is 191 Å². The molecule has 0 bridgehead atoms. The first-order valence-corrected chi connectivity index (χ1v) is 12.1. The van der Waals surface area contributed by atoms with Crippen LogP contribution in [0.25, 0.3) is 0 Å². The van der Waals surface area contributed by atoms with Crippen LogP contribution in [0.5, 0.6) is 5.75 Å². The standard InChI is InChI=1S/C23H24BrNO5S/c1-2-3-16-30-20-8-10-21(11-9-20)31(28,29)23(22(26)27)12-14-25(15-13-23)17-18-4-6-19(24)7-5-18/h4-11H,12-17H2,1H3,(H,26,27). The molecule has 31 heavy (non-hydrogen) atoms. The minimum atomic E-state index is -4.08. The maximum Gasteiger partial charge on any atom is 0.325 e. The topological polar surface area (TPSA) is 83.9 Å². The van der Waals surface area contributed by atoms with Gasteiger partial charge in [0.2, 0.25) is 0 Å². The lowest BCUT2D eigenvalue weighted by atomic mass is 9.95. The first kappa shape index (κ1) is 23.3. The molecule has 164 valence electrons. The predicted molar refractivity (Wildman–Crippen MR) is 122 cm³/mol. The van der Waals surface area contributed by atoms with Crippen molar-refractivity contribution in [2.24, 2.45) is 0 Å². The van der Waals surface area contributed by atoms with Crippen LogP contribution in [0.2, 0.25) is 0 Å². The van der Waals surface area contributed by atoms with Crippen LogP contribution in [0.4, 0.5) is 0 Å². The Hall–Kier alpha value is -2.34. The van der Waals surface area contributed by atoms with Gasteiger partial charge in [0.05, 0.1) is 4.90 Å². The molecule has 8 heteroatoms. The van der Waals surface area contributed by atoms with Gasteiger partial charge in [0.15, 0.2) is 14.6 Å². The van der Waals surface area contributed by atoms with Crippen LogP contribution in [-0.4, -0.2) is 48.8 Å². The van der Waals surface area contributed by atoms with Gasteiger partial charge in [-0.25, -0.2) is 8.42 Å². The molecule has 0 aromatic heterocycles. The van der Waals surface area contributed by atoms with E-state index in [1.54, 1.807) is 6.92 Å². The van der Waals surface area contributed by atoms with Crippen LogP contribution in [0.1, 0.15) is 25.3 Å². The number of hydrogen-bond donors (Lipinski definition) is 1. The second-order valence-corrected chi connectivity index (χ2v) is 10.6. The van der Waals surface area contributed by atoms with Gasteiger partial charge in [-0.15, -0.1) is 5.92 Å². The van der Waals surface area contributed by atoms with Crippen LogP contribution in [-0.2, 0) is 21.2 Å². The number of ether oxygens (including phenoxy) is 1. The molecule has 0 unspecified atom stereocenters. The molecule has 1 heterocycles. The van der Waals surface area contributed by atoms with E-state index < -0.39 is 20.6 Å². The number of likely N-dealkylation sites (tertiary alicyclic amines) is 1. The van der Waals surface area contributed by atoms with E-state index in [-0.39, 0.29) is 24.3 Å². The second-order valence-electron chi connectivity index (χ2n) is 7.39. The first-order chi connectivity index (χ1) is 14.8. The van der Waals surface area contributed by atoms with Crippen LogP contribution < -0.4 is 4.74 Å². The van der Waals surface area contributed by atoms with Gasteiger partial charge >= 0.3 is 5.97 Å². The lowest BCUT2D eigenvalue weighted by Gasteiger charge is -2.38. The van der Waals surface area contributed by atoms with Crippen molar-refractivity contribution in [2.75, 3.05) is 19.7 Å². The molecule has 0 aliphatic carbocycles. The number of carboxylic acid groups (broad SMARTS) is 1. The van der Waals surface area contributed by atoms with E-state index in [4.69, 9.17) is 4.74 Å². The molecule has 1 N–H and O–H groups in total. The summed E-state index contributed by atoms with van der Waals surface area (Å²) in [5, 5.41) is 9.95. The largest absolute Gasteiger partial charge is 0.481 e. The number of aliphatic carboxylic acids is 1. The number of halogens is 1. The zero-order valence-corrected chi connectivity index (χ0v) is 19.6. The third-order valence-corrected chi connectivity index (χ3v) is 8.54. The number of rotatable bonds is 7. The normalized spacial score (nSPS) is 16.2. The quantitative estimate of drug-likeness (QED) is 0.577.